The molecule has 0 bridgehead atoms. The molecule has 5 nitrogen and oxygen atoms in total. The number of nitrogens with zero attached hydrogens (tertiary/aromatic N) is 3. The van der Waals surface area contributed by atoms with E-state index in [4.69, 9.17) is 0 Å². The number of nitriles is 1. The van der Waals surface area contributed by atoms with E-state index in [0.717, 1.165) is 22.3 Å². The van der Waals surface area contributed by atoms with Crippen LogP contribution in [0.25, 0.3) is 11.1 Å². The smallest absolute Gasteiger partial charge is 0.228 e. The highest BCUT2D eigenvalue weighted by atomic mass is 16.3. The maximum atomic E-state index is 12.9. The second kappa shape index (κ2) is 8.26. The maximum absolute atomic E-state index is 12.9. The zero-order valence-electron chi connectivity index (χ0n) is 15.8. The number of hydrogen-bond donors (Lipinski definition) is 1. The molecule has 1 saturated heterocycles. The summed E-state index contributed by atoms with van der Waals surface area (Å²) in [6, 6.07) is 22.7. The normalized spacial score (nSPS) is 20.6. The Morgan fingerprint density at radius 2 is 1.83 bits per heavy atom. The summed E-state index contributed by atoms with van der Waals surface area (Å²) in [6.45, 7) is -0.190. The molecule has 0 spiro atoms. The van der Waals surface area contributed by atoms with Crippen molar-refractivity contribution in [3.63, 3.8) is 0 Å². The topological polar surface area (TPSA) is 77.2 Å². The average molecular weight is 383 g/mol. The van der Waals surface area contributed by atoms with Gasteiger partial charge in [0.05, 0.1) is 25.1 Å². The Kier molecular flexibility index (Phi) is 5.37. The average Bonchev–Trinajstić information content (AvgIpc) is 2.75. The molecule has 2 aromatic carbocycles. The van der Waals surface area contributed by atoms with E-state index in [9.17, 15) is 15.2 Å². The molecular weight excluding hydrogens is 362 g/mol. The zero-order valence-corrected chi connectivity index (χ0v) is 15.8. The van der Waals surface area contributed by atoms with Gasteiger partial charge in [-0.15, -0.1) is 0 Å². The van der Waals surface area contributed by atoms with Crippen LogP contribution in [-0.4, -0.2) is 39.6 Å². The van der Waals surface area contributed by atoms with E-state index in [-0.39, 0.29) is 24.9 Å². The molecule has 0 radical (unpaired) electrons. The number of carbonyl (C=O) groups is 1. The molecule has 0 saturated carbocycles. The van der Waals surface area contributed by atoms with E-state index < -0.39 is 12.1 Å². The van der Waals surface area contributed by atoms with Crippen molar-refractivity contribution in [1.82, 2.24) is 9.88 Å². The number of aliphatic hydroxyl groups is 1. The summed E-state index contributed by atoms with van der Waals surface area (Å²) in [5, 5.41) is 19.9. The molecule has 0 aliphatic carbocycles. The second-order valence-corrected chi connectivity index (χ2v) is 7.14. The van der Waals surface area contributed by atoms with Gasteiger partial charge in [0.2, 0.25) is 5.91 Å². The van der Waals surface area contributed by atoms with Crippen LogP contribution in [0.3, 0.4) is 0 Å². The first-order valence-corrected chi connectivity index (χ1v) is 9.59. The van der Waals surface area contributed by atoms with Gasteiger partial charge in [-0.2, -0.15) is 5.26 Å². The maximum Gasteiger partial charge on any atom is 0.228 e. The highest BCUT2D eigenvalue weighted by Crippen LogP contribution is 2.44. The van der Waals surface area contributed by atoms with E-state index >= 15 is 0 Å². The SMILES string of the molecule is N#C[C@H]1[C@H](c2ccccc2-c2ccccc2)[C@@H](CO)N1C(=O)Cc1cccnc1. The lowest BCUT2D eigenvalue weighted by atomic mass is 9.73. The van der Waals surface area contributed by atoms with Gasteiger partial charge in [-0.3, -0.25) is 9.78 Å². The third kappa shape index (κ3) is 3.51. The minimum absolute atomic E-state index is 0.162. The summed E-state index contributed by atoms with van der Waals surface area (Å²) in [4.78, 5) is 18.5. The molecule has 1 aliphatic heterocycles. The van der Waals surface area contributed by atoms with Gasteiger partial charge in [-0.25, -0.2) is 0 Å². The summed E-state index contributed by atoms with van der Waals surface area (Å²) in [5.74, 6) is -0.406. The number of amides is 1. The molecule has 1 N–H and O–H groups in total. The van der Waals surface area contributed by atoms with Crippen LogP contribution in [-0.2, 0) is 11.2 Å². The summed E-state index contributed by atoms with van der Waals surface area (Å²) in [6.07, 6.45) is 3.47. The molecule has 144 valence electrons. The van der Waals surface area contributed by atoms with E-state index in [1.165, 1.54) is 4.90 Å². The largest absolute Gasteiger partial charge is 0.394 e. The first-order chi connectivity index (χ1) is 14.2. The summed E-state index contributed by atoms with van der Waals surface area (Å²) in [7, 11) is 0. The standard InChI is InChI=1S/C24H21N3O2/c25-14-21-24(20-11-5-4-10-19(20)18-8-2-1-3-9-18)22(16-28)27(21)23(29)13-17-7-6-12-26-15-17/h1-12,15,21-22,24,28H,13,16H2/t21-,22+,24-/m0/s1. The van der Waals surface area contributed by atoms with Crippen molar-refractivity contribution in [2.24, 2.45) is 0 Å². The molecule has 1 amide bonds. The quantitative estimate of drug-likeness (QED) is 0.734. The van der Waals surface area contributed by atoms with Crippen molar-refractivity contribution in [2.45, 2.75) is 24.4 Å². The van der Waals surface area contributed by atoms with Crippen LogP contribution in [0.5, 0.6) is 0 Å². The Morgan fingerprint density at radius 1 is 1.07 bits per heavy atom. The fourth-order valence-electron chi connectivity index (χ4n) is 4.16. The highest BCUT2D eigenvalue weighted by Gasteiger charge is 2.52. The lowest BCUT2D eigenvalue weighted by molar-refractivity contribution is -0.146. The van der Waals surface area contributed by atoms with Crippen molar-refractivity contribution in [3.8, 4) is 17.2 Å². The summed E-state index contributed by atoms with van der Waals surface area (Å²) < 4.78 is 0. The molecule has 1 aromatic heterocycles. The predicted octanol–water partition coefficient (Wildman–Crippen LogP) is 3.17. The lowest BCUT2D eigenvalue weighted by Gasteiger charge is -2.52. The molecule has 3 atom stereocenters. The number of aromatic nitrogens is 1. The number of likely N-dealkylation sites (tertiary alicyclic amines) is 1. The minimum Gasteiger partial charge on any atom is -0.394 e. The van der Waals surface area contributed by atoms with Gasteiger partial charge in [0.15, 0.2) is 0 Å². The molecule has 29 heavy (non-hydrogen) atoms. The fraction of sp³-hybridized carbons (Fsp3) is 0.208. The number of hydrogen-bond acceptors (Lipinski definition) is 4. The van der Waals surface area contributed by atoms with Crippen molar-refractivity contribution in [1.29, 1.82) is 5.26 Å². The Bertz CT molecular complexity index is 1030. The van der Waals surface area contributed by atoms with Crippen molar-refractivity contribution < 1.29 is 9.90 Å². The Balaban J connectivity index is 1.65. The van der Waals surface area contributed by atoms with E-state index in [2.05, 4.69) is 11.1 Å². The van der Waals surface area contributed by atoms with Crippen molar-refractivity contribution in [3.05, 3.63) is 90.3 Å². The van der Waals surface area contributed by atoms with E-state index in [0.29, 0.717) is 0 Å². The first-order valence-electron chi connectivity index (χ1n) is 9.59. The van der Waals surface area contributed by atoms with Gasteiger partial charge < -0.3 is 10.0 Å². The predicted molar refractivity (Wildman–Crippen MR) is 110 cm³/mol. The van der Waals surface area contributed by atoms with Gasteiger partial charge in [0.25, 0.3) is 0 Å². The minimum atomic E-state index is -0.610. The van der Waals surface area contributed by atoms with Crippen molar-refractivity contribution >= 4 is 5.91 Å². The third-order valence-corrected chi connectivity index (χ3v) is 5.50. The first kappa shape index (κ1) is 18.9. The van der Waals surface area contributed by atoms with E-state index in [1.54, 1.807) is 18.5 Å². The molecule has 1 fully saturated rings. The molecule has 1 aliphatic rings. The Hall–Kier alpha value is -3.49. The lowest BCUT2D eigenvalue weighted by Crippen LogP contribution is -2.65. The number of carbonyl (C=O) groups excluding carboxylic acids is 1. The fourth-order valence-corrected chi connectivity index (χ4v) is 4.16. The Labute approximate surface area is 169 Å². The van der Waals surface area contributed by atoms with Crippen LogP contribution in [0, 0.1) is 11.3 Å². The Morgan fingerprint density at radius 3 is 2.52 bits per heavy atom. The second-order valence-electron chi connectivity index (χ2n) is 7.14. The van der Waals surface area contributed by atoms with Gasteiger partial charge in [0, 0.05) is 18.3 Å². The summed E-state index contributed by atoms with van der Waals surface area (Å²) >= 11 is 0. The van der Waals surface area contributed by atoms with Gasteiger partial charge in [-0.05, 0) is 28.3 Å². The molecule has 2 heterocycles. The monoisotopic (exact) mass is 383 g/mol. The van der Waals surface area contributed by atoms with Crippen LogP contribution in [0.15, 0.2) is 79.1 Å². The van der Waals surface area contributed by atoms with Crippen LogP contribution in [0.4, 0.5) is 0 Å². The number of benzene rings is 2. The van der Waals surface area contributed by atoms with Crippen LogP contribution in [0.1, 0.15) is 17.0 Å². The third-order valence-electron chi connectivity index (χ3n) is 5.50. The molecule has 3 aromatic rings. The van der Waals surface area contributed by atoms with Gasteiger partial charge >= 0.3 is 0 Å². The molecule has 0 unspecified atom stereocenters. The van der Waals surface area contributed by atoms with Crippen LogP contribution >= 0.6 is 0 Å². The number of pyridine rings is 1. The van der Waals surface area contributed by atoms with Crippen LogP contribution in [0.2, 0.25) is 0 Å². The molecular formula is C24H21N3O2. The molecule has 5 heteroatoms. The van der Waals surface area contributed by atoms with Crippen LogP contribution < -0.4 is 0 Å². The van der Waals surface area contributed by atoms with Crippen molar-refractivity contribution in [2.75, 3.05) is 6.61 Å². The van der Waals surface area contributed by atoms with E-state index in [1.807, 2.05) is 60.7 Å². The molecule has 4 rings (SSSR count). The highest BCUT2D eigenvalue weighted by molar-refractivity contribution is 5.82. The number of aliphatic hydroxyl groups excluding tert-OH is 1. The van der Waals surface area contributed by atoms with Gasteiger partial charge in [-0.1, -0.05) is 60.7 Å². The number of rotatable bonds is 5. The van der Waals surface area contributed by atoms with Gasteiger partial charge in [0.1, 0.15) is 6.04 Å². The zero-order chi connectivity index (χ0) is 20.2. The summed E-state index contributed by atoms with van der Waals surface area (Å²) in [5.41, 5.74) is 3.85.